The van der Waals surface area contributed by atoms with E-state index in [9.17, 15) is 18.7 Å². The van der Waals surface area contributed by atoms with Crippen molar-refractivity contribution in [1.29, 1.82) is 0 Å². The van der Waals surface area contributed by atoms with Crippen LogP contribution >= 0.6 is 11.6 Å². The number of esters is 1. The molecule has 1 atom stereocenters. The first kappa shape index (κ1) is 11.9. The molecule has 1 unspecified atom stereocenters. The molecule has 1 aromatic carbocycles. The summed E-state index contributed by atoms with van der Waals surface area (Å²) >= 11 is 5.52. The summed E-state index contributed by atoms with van der Waals surface area (Å²) < 4.78 is 29.7. The zero-order chi connectivity index (χ0) is 11.6. The fourth-order valence-electron chi connectivity index (χ4n) is 0.986. The molecule has 0 heterocycles. The van der Waals surface area contributed by atoms with Crippen LogP contribution in [-0.4, -0.2) is 18.2 Å². The molecule has 0 aliphatic rings. The predicted molar refractivity (Wildman–Crippen MR) is 48.3 cm³/mol. The van der Waals surface area contributed by atoms with Crippen LogP contribution < -0.4 is 0 Å². The molecule has 1 aromatic rings. The van der Waals surface area contributed by atoms with E-state index < -0.39 is 23.7 Å². The number of hydrogen-bond acceptors (Lipinski definition) is 3. The number of halogens is 3. The van der Waals surface area contributed by atoms with Crippen LogP contribution in [0.15, 0.2) is 12.1 Å². The Morgan fingerprint density at radius 2 is 2.00 bits per heavy atom. The summed E-state index contributed by atoms with van der Waals surface area (Å²) in [5, 5.41) is 9.09. The van der Waals surface area contributed by atoms with Crippen LogP contribution in [0, 0.1) is 11.6 Å². The number of benzene rings is 1. The molecule has 0 aliphatic heterocycles. The minimum Gasteiger partial charge on any atom is -0.467 e. The number of rotatable bonds is 2. The van der Waals surface area contributed by atoms with Gasteiger partial charge in [0.25, 0.3) is 0 Å². The third kappa shape index (κ3) is 2.43. The third-order valence-corrected chi connectivity index (χ3v) is 2.09. The Hall–Kier alpha value is -1.20. The van der Waals surface area contributed by atoms with E-state index in [1.54, 1.807) is 0 Å². The van der Waals surface area contributed by atoms with E-state index >= 15 is 0 Å². The van der Waals surface area contributed by atoms with Gasteiger partial charge in [0.1, 0.15) is 0 Å². The Morgan fingerprint density at radius 3 is 2.53 bits per heavy atom. The Bertz CT molecular complexity index is 395. The highest BCUT2D eigenvalue weighted by atomic mass is 35.5. The molecule has 0 radical (unpaired) electrons. The largest absolute Gasteiger partial charge is 0.467 e. The van der Waals surface area contributed by atoms with Crippen molar-refractivity contribution in [2.45, 2.75) is 6.10 Å². The third-order valence-electron chi connectivity index (χ3n) is 1.76. The summed E-state index contributed by atoms with van der Waals surface area (Å²) in [4.78, 5) is 10.9. The first-order valence-corrected chi connectivity index (χ1v) is 4.25. The molecule has 6 heteroatoms. The Morgan fingerprint density at radius 1 is 1.47 bits per heavy atom. The van der Waals surface area contributed by atoms with Gasteiger partial charge in [-0.05, 0) is 12.1 Å². The lowest BCUT2D eigenvalue weighted by atomic mass is 10.1. The molecule has 3 nitrogen and oxygen atoms in total. The zero-order valence-corrected chi connectivity index (χ0v) is 8.39. The van der Waals surface area contributed by atoms with Crippen LogP contribution in [0.1, 0.15) is 11.7 Å². The number of methoxy groups -OCH3 is 1. The van der Waals surface area contributed by atoms with Crippen molar-refractivity contribution in [1.82, 2.24) is 0 Å². The van der Waals surface area contributed by atoms with Gasteiger partial charge < -0.3 is 9.84 Å². The molecule has 82 valence electrons. The second-order valence-corrected chi connectivity index (χ2v) is 3.12. The van der Waals surface area contributed by atoms with Gasteiger partial charge in [0.15, 0.2) is 17.7 Å². The van der Waals surface area contributed by atoms with Gasteiger partial charge in [-0.1, -0.05) is 11.6 Å². The average molecular weight is 237 g/mol. The summed E-state index contributed by atoms with van der Waals surface area (Å²) in [6, 6.07) is 1.33. The Kier molecular flexibility index (Phi) is 3.60. The fraction of sp³-hybridized carbons (Fsp3) is 0.222. The SMILES string of the molecule is COC(=O)C(O)c1cc(F)c(F)cc1Cl. The Balaban J connectivity index is 3.14. The van der Waals surface area contributed by atoms with E-state index in [-0.39, 0.29) is 10.6 Å². The first-order chi connectivity index (χ1) is 6.97. The quantitative estimate of drug-likeness (QED) is 0.629. The van der Waals surface area contributed by atoms with E-state index in [0.717, 1.165) is 7.11 Å². The van der Waals surface area contributed by atoms with Crippen molar-refractivity contribution in [2.24, 2.45) is 0 Å². The van der Waals surface area contributed by atoms with Crippen molar-refractivity contribution in [2.75, 3.05) is 7.11 Å². The lowest BCUT2D eigenvalue weighted by Crippen LogP contribution is -2.14. The van der Waals surface area contributed by atoms with Crippen molar-refractivity contribution in [3.8, 4) is 0 Å². The highest BCUT2D eigenvalue weighted by Gasteiger charge is 2.22. The van der Waals surface area contributed by atoms with Crippen molar-refractivity contribution >= 4 is 17.6 Å². The van der Waals surface area contributed by atoms with Crippen molar-refractivity contribution < 1.29 is 23.4 Å². The van der Waals surface area contributed by atoms with E-state index in [0.29, 0.717) is 12.1 Å². The summed E-state index contributed by atoms with van der Waals surface area (Å²) in [6.07, 6.45) is -1.72. The molecule has 0 aliphatic carbocycles. The van der Waals surface area contributed by atoms with Crippen molar-refractivity contribution in [3.05, 3.63) is 34.4 Å². The maximum atomic E-state index is 12.8. The molecular weight excluding hydrogens is 230 g/mol. The second kappa shape index (κ2) is 4.55. The molecule has 0 fully saturated rings. The van der Waals surface area contributed by atoms with Crippen LogP contribution in [0.3, 0.4) is 0 Å². The van der Waals surface area contributed by atoms with Gasteiger partial charge in [-0.15, -0.1) is 0 Å². The normalized spacial score (nSPS) is 12.3. The van der Waals surface area contributed by atoms with Gasteiger partial charge in [0, 0.05) is 5.56 Å². The molecule has 0 amide bonds. The molecule has 1 N–H and O–H groups in total. The summed E-state index contributed by atoms with van der Waals surface area (Å²) in [6.45, 7) is 0. The Labute approximate surface area is 89.2 Å². The van der Waals surface area contributed by atoms with E-state index in [1.807, 2.05) is 0 Å². The fourth-order valence-corrected chi connectivity index (χ4v) is 1.24. The minimum atomic E-state index is -1.72. The first-order valence-electron chi connectivity index (χ1n) is 3.87. The monoisotopic (exact) mass is 236 g/mol. The van der Waals surface area contributed by atoms with Crippen LogP contribution in [0.25, 0.3) is 0 Å². The van der Waals surface area contributed by atoms with Crippen molar-refractivity contribution in [3.63, 3.8) is 0 Å². The maximum absolute atomic E-state index is 12.8. The minimum absolute atomic E-state index is 0.234. The van der Waals surface area contributed by atoms with Gasteiger partial charge in [0.05, 0.1) is 12.1 Å². The van der Waals surface area contributed by atoms with E-state index in [2.05, 4.69) is 4.74 Å². The molecule has 0 saturated carbocycles. The zero-order valence-electron chi connectivity index (χ0n) is 7.63. The number of ether oxygens (including phenoxy) is 1. The molecule has 0 aromatic heterocycles. The standard InChI is InChI=1S/C9H7ClF2O3/c1-15-9(14)8(13)4-2-6(11)7(12)3-5(4)10/h2-3,8,13H,1H3. The van der Waals surface area contributed by atoms with E-state index in [1.165, 1.54) is 0 Å². The van der Waals surface area contributed by atoms with Crippen LogP contribution in [-0.2, 0) is 9.53 Å². The van der Waals surface area contributed by atoms with Crippen LogP contribution in [0.2, 0.25) is 5.02 Å². The smallest absolute Gasteiger partial charge is 0.339 e. The lowest BCUT2D eigenvalue weighted by Gasteiger charge is -2.10. The second-order valence-electron chi connectivity index (χ2n) is 2.71. The topological polar surface area (TPSA) is 46.5 Å². The molecule has 1 rings (SSSR count). The molecule has 0 spiro atoms. The van der Waals surface area contributed by atoms with Gasteiger partial charge >= 0.3 is 5.97 Å². The van der Waals surface area contributed by atoms with Crippen LogP contribution in [0.4, 0.5) is 8.78 Å². The number of aliphatic hydroxyl groups excluding tert-OH is 1. The molecule has 15 heavy (non-hydrogen) atoms. The molecular formula is C9H7ClF2O3. The number of aliphatic hydroxyl groups is 1. The van der Waals surface area contributed by atoms with Gasteiger partial charge in [-0.25, -0.2) is 13.6 Å². The highest BCUT2D eigenvalue weighted by molar-refractivity contribution is 6.31. The number of carbonyl (C=O) groups is 1. The van der Waals surface area contributed by atoms with E-state index in [4.69, 9.17) is 11.6 Å². The maximum Gasteiger partial charge on any atom is 0.339 e. The highest BCUT2D eigenvalue weighted by Crippen LogP contribution is 2.26. The number of carbonyl (C=O) groups excluding carboxylic acids is 1. The molecule has 0 saturated heterocycles. The van der Waals surface area contributed by atoms with Crippen LogP contribution in [0.5, 0.6) is 0 Å². The molecule has 0 bridgehead atoms. The van der Waals surface area contributed by atoms with Gasteiger partial charge in [-0.2, -0.15) is 0 Å². The lowest BCUT2D eigenvalue weighted by molar-refractivity contribution is -0.150. The predicted octanol–water partition coefficient (Wildman–Crippen LogP) is 1.82. The summed E-state index contributed by atoms with van der Waals surface area (Å²) in [7, 11) is 1.05. The van der Waals surface area contributed by atoms with Gasteiger partial charge in [0.2, 0.25) is 0 Å². The van der Waals surface area contributed by atoms with Gasteiger partial charge in [-0.3, -0.25) is 0 Å². The number of hydrogen-bond donors (Lipinski definition) is 1. The average Bonchev–Trinajstić information content (AvgIpc) is 2.21. The summed E-state index contributed by atoms with van der Waals surface area (Å²) in [5.41, 5.74) is -0.234. The summed E-state index contributed by atoms with van der Waals surface area (Å²) in [5.74, 6) is -3.35.